The van der Waals surface area contributed by atoms with Gasteiger partial charge in [-0.3, -0.25) is 4.79 Å². The van der Waals surface area contributed by atoms with Crippen molar-refractivity contribution in [2.24, 2.45) is 11.1 Å². The zero-order valence-electron chi connectivity index (χ0n) is 20.2. The lowest BCUT2D eigenvalue weighted by Crippen LogP contribution is -2.48. The van der Waals surface area contributed by atoms with Gasteiger partial charge in [-0.25, -0.2) is 0 Å². The SMILES string of the molecule is CC(=NOCc1ccc(C(F)(F)F)cc1)c1ccc(OC(C)(C)C(=O)NCC2CCOCC2)cc1. The van der Waals surface area contributed by atoms with Crippen LogP contribution in [0.2, 0.25) is 0 Å². The molecule has 1 saturated heterocycles. The second-order valence-corrected chi connectivity index (χ2v) is 9.05. The normalized spacial score (nSPS) is 15.5. The number of ether oxygens (including phenoxy) is 2. The third kappa shape index (κ3) is 7.99. The van der Waals surface area contributed by atoms with E-state index in [-0.39, 0.29) is 12.5 Å². The van der Waals surface area contributed by atoms with E-state index in [4.69, 9.17) is 14.3 Å². The van der Waals surface area contributed by atoms with Gasteiger partial charge in [-0.1, -0.05) is 17.3 Å². The van der Waals surface area contributed by atoms with Crippen molar-refractivity contribution in [3.8, 4) is 5.75 Å². The molecule has 1 aliphatic heterocycles. The number of amides is 1. The molecule has 9 heteroatoms. The monoisotopic (exact) mass is 492 g/mol. The van der Waals surface area contributed by atoms with Crippen molar-refractivity contribution in [2.45, 2.75) is 52.0 Å². The molecule has 0 aliphatic carbocycles. The maximum atomic E-state index is 12.6. The summed E-state index contributed by atoms with van der Waals surface area (Å²) in [7, 11) is 0. The fourth-order valence-electron chi connectivity index (χ4n) is 3.55. The number of alkyl halides is 3. The average Bonchev–Trinajstić information content (AvgIpc) is 2.83. The van der Waals surface area contributed by atoms with Crippen LogP contribution in [0.4, 0.5) is 13.2 Å². The van der Waals surface area contributed by atoms with Gasteiger partial charge >= 0.3 is 6.18 Å². The van der Waals surface area contributed by atoms with E-state index in [0.29, 0.717) is 29.5 Å². The van der Waals surface area contributed by atoms with Crippen LogP contribution in [-0.2, 0) is 27.2 Å². The molecule has 0 saturated carbocycles. The van der Waals surface area contributed by atoms with Crippen molar-refractivity contribution < 1.29 is 32.3 Å². The van der Waals surface area contributed by atoms with Crippen LogP contribution in [-0.4, -0.2) is 37.0 Å². The molecule has 6 nitrogen and oxygen atoms in total. The predicted octanol–water partition coefficient (Wildman–Crippen LogP) is 5.35. The molecule has 1 heterocycles. The van der Waals surface area contributed by atoms with E-state index in [0.717, 1.165) is 43.8 Å². The molecule has 0 aromatic heterocycles. The molecule has 0 atom stereocenters. The van der Waals surface area contributed by atoms with Gasteiger partial charge in [-0.2, -0.15) is 13.2 Å². The van der Waals surface area contributed by atoms with Crippen LogP contribution in [0.5, 0.6) is 5.75 Å². The van der Waals surface area contributed by atoms with Gasteiger partial charge in [0.1, 0.15) is 12.4 Å². The molecule has 0 spiro atoms. The Balaban J connectivity index is 1.49. The number of oxime groups is 1. The van der Waals surface area contributed by atoms with Gasteiger partial charge < -0.3 is 19.6 Å². The van der Waals surface area contributed by atoms with Gasteiger partial charge in [0, 0.05) is 19.8 Å². The van der Waals surface area contributed by atoms with E-state index in [1.807, 2.05) is 0 Å². The first-order valence-electron chi connectivity index (χ1n) is 11.5. The minimum absolute atomic E-state index is 0.0495. The highest BCUT2D eigenvalue weighted by Crippen LogP contribution is 2.29. The number of nitrogens with zero attached hydrogens (tertiary/aromatic N) is 1. The summed E-state index contributed by atoms with van der Waals surface area (Å²) < 4.78 is 49.2. The van der Waals surface area contributed by atoms with Crippen molar-refractivity contribution in [3.05, 3.63) is 65.2 Å². The maximum Gasteiger partial charge on any atom is 0.416 e. The highest BCUT2D eigenvalue weighted by atomic mass is 19.4. The van der Waals surface area contributed by atoms with Crippen molar-refractivity contribution in [1.29, 1.82) is 0 Å². The molecule has 3 rings (SSSR count). The molecule has 0 unspecified atom stereocenters. The zero-order chi connectivity index (χ0) is 25.5. The molecule has 35 heavy (non-hydrogen) atoms. The molecule has 0 radical (unpaired) electrons. The first-order valence-corrected chi connectivity index (χ1v) is 11.5. The van der Waals surface area contributed by atoms with Crippen molar-refractivity contribution in [2.75, 3.05) is 19.8 Å². The molecule has 1 aliphatic rings. The van der Waals surface area contributed by atoms with Gasteiger partial charge in [0.05, 0.1) is 11.3 Å². The Bertz CT molecular complexity index is 997. The summed E-state index contributed by atoms with van der Waals surface area (Å²) in [6, 6.07) is 11.8. The Morgan fingerprint density at radius 1 is 1.06 bits per heavy atom. The number of rotatable bonds is 9. The summed E-state index contributed by atoms with van der Waals surface area (Å²) in [5, 5.41) is 7.02. The van der Waals surface area contributed by atoms with Crippen molar-refractivity contribution in [3.63, 3.8) is 0 Å². The highest BCUT2D eigenvalue weighted by Gasteiger charge is 2.31. The largest absolute Gasteiger partial charge is 0.478 e. The summed E-state index contributed by atoms with van der Waals surface area (Å²) in [4.78, 5) is 17.9. The van der Waals surface area contributed by atoms with E-state index in [1.165, 1.54) is 12.1 Å². The van der Waals surface area contributed by atoms with Crippen LogP contribution >= 0.6 is 0 Å². The van der Waals surface area contributed by atoms with Crippen LogP contribution in [0.25, 0.3) is 0 Å². The minimum Gasteiger partial charge on any atom is -0.478 e. The minimum atomic E-state index is -4.37. The van der Waals surface area contributed by atoms with Crippen LogP contribution in [0.15, 0.2) is 53.7 Å². The summed E-state index contributed by atoms with van der Waals surface area (Å²) >= 11 is 0. The fourth-order valence-corrected chi connectivity index (χ4v) is 3.55. The smallest absolute Gasteiger partial charge is 0.416 e. The first kappa shape index (κ1) is 26.5. The van der Waals surface area contributed by atoms with Gasteiger partial charge in [0.25, 0.3) is 5.91 Å². The Hall–Kier alpha value is -3.07. The van der Waals surface area contributed by atoms with Crippen LogP contribution in [0.3, 0.4) is 0 Å². The second-order valence-electron chi connectivity index (χ2n) is 9.05. The van der Waals surface area contributed by atoms with Gasteiger partial charge in [0.15, 0.2) is 5.60 Å². The van der Waals surface area contributed by atoms with Crippen LogP contribution in [0, 0.1) is 5.92 Å². The summed E-state index contributed by atoms with van der Waals surface area (Å²) in [5.41, 5.74) is 0.211. The number of halogens is 3. The fraction of sp³-hybridized carbons (Fsp3) is 0.462. The molecule has 0 bridgehead atoms. The summed E-state index contributed by atoms with van der Waals surface area (Å²) in [5.74, 6) is 0.785. The number of hydrogen-bond donors (Lipinski definition) is 1. The molecule has 1 fully saturated rings. The topological polar surface area (TPSA) is 69.2 Å². The number of carbonyl (C=O) groups is 1. The lowest BCUT2D eigenvalue weighted by atomic mass is 10.00. The van der Waals surface area contributed by atoms with Crippen molar-refractivity contribution >= 4 is 11.6 Å². The number of hydrogen-bond acceptors (Lipinski definition) is 5. The lowest BCUT2D eigenvalue weighted by molar-refractivity contribution is -0.137. The quantitative estimate of drug-likeness (QED) is 0.379. The third-order valence-corrected chi connectivity index (χ3v) is 5.80. The second kappa shape index (κ2) is 11.6. The number of carbonyl (C=O) groups excluding carboxylic acids is 1. The molecule has 190 valence electrons. The molecule has 2 aromatic carbocycles. The van der Waals surface area contributed by atoms with Gasteiger partial charge in [-0.05, 0) is 87.1 Å². The Morgan fingerprint density at radius 3 is 2.29 bits per heavy atom. The molecular weight excluding hydrogens is 461 g/mol. The Morgan fingerprint density at radius 2 is 1.69 bits per heavy atom. The van der Waals surface area contributed by atoms with E-state index < -0.39 is 17.3 Å². The van der Waals surface area contributed by atoms with E-state index in [2.05, 4.69) is 10.5 Å². The highest BCUT2D eigenvalue weighted by molar-refractivity contribution is 5.98. The summed E-state index contributed by atoms with van der Waals surface area (Å²) in [6.07, 6.45) is -2.48. The Labute approximate surface area is 203 Å². The third-order valence-electron chi connectivity index (χ3n) is 5.80. The molecule has 2 aromatic rings. The first-order chi connectivity index (χ1) is 16.5. The van der Waals surface area contributed by atoms with E-state index in [9.17, 15) is 18.0 Å². The molecule has 1 N–H and O–H groups in total. The maximum absolute atomic E-state index is 12.6. The lowest BCUT2D eigenvalue weighted by Gasteiger charge is -2.28. The summed E-state index contributed by atoms with van der Waals surface area (Å²) in [6.45, 7) is 7.33. The van der Waals surface area contributed by atoms with E-state index in [1.54, 1.807) is 45.0 Å². The van der Waals surface area contributed by atoms with Crippen molar-refractivity contribution in [1.82, 2.24) is 5.32 Å². The molecule has 1 amide bonds. The Kier molecular flexibility index (Phi) is 8.77. The standard InChI is InChI=1S/C26H31F3N2O4/c1-18(31-34-17-20-4-8-22(9-5-20)26(27,28)29)21-6-10-23(11-7-21)35-25(2,3)24(32)30-16-19-12-14-33-15-13-19/h4-11,19H,12-17H2,1-3H3,(H,30,32). The zero-order valence-corrected chi connectivity index (χ0v) is 20.2. The van der Waals surface area contributed by atoms with Gasteiger partial charge in [0.2, 0.25) is 0 Å². The van der Waals surface area contributed by atoms with E-state index >= 15 is 0 Å². The molecular formula is C26H31F3N2O4. The van der Waals surface area contributed by atoms with Gasteiger partial charge in [-0.15, -0.1) is 0 Å². The van der Waals surface area contributed by atoms with Crippen LogP contribution in [0.1, 0.15) is 50.3 Å². The van der Waals surface area contributed by atoms with Crippen LogP contribution < -0.4 is 10.1 Å². The average molecular weight is 493 g/mol. The number of benzene rings is 2. The number of nitrogens with one attached hydrogen (secondary N) is 1. The predicted molar refractivity (Wildman–Crippen MR) is 126 cm³/mol.